The molecule has 2 aromatic carbocycles. The SMILES string of the molecule is COc1ccc(N)cc1CSc1ncnc2ccccc12. The second-order valence-corrected chi connectivity index (χ2v) is 5.52. The molecule has 0 radical (unpaired) electrons. The van der Waals surface area contributed by atoms with E-state index in [1.165, 1.54) is 0 Å². The molecule has 4 nitrogen and oxygen atoms in total. The van der Waals surface area contributed by atoms with Gasteiger partial charge in [0.1, 0.15) is 17.1 Å². The fourth-order valence-corrected chi connectivity index (χ4v) is 3.12. The van der Waals surface area contributed by atoms with Crippen molar-refractivity contribution < 1.29 is 4.74 Å². The van der Waals surface area contributed by atoms with E-state index in [2.05, 4.69) is 9.97 Å². The summed E-state index contributed by atoms with van der Waals surface area (Å²) in [6.07, 6.45) is 1.60. The Labute approximate surface area is 127 Å². The van der Waals surface area contributed by atoms with Gasteiger partial charge in [-0.3, -0.25) is 0 Å². The Morgan fingerprint density at radius 2 is 2.00 bits per heavy atom. The third-order valence-electron chi connectivity index (χ3n) is 3.18. The average Bonchev–Trinajstić information content (AvgIpc) is 2.53. The minimum atomic E-state index is 0.735. The number of hydrogen-bond acceptors (Lipinski definition) is 5. The molecule has 21 heavy (non-hydrogen) atoms. The molecule has 0 spiro atoms. The van der Waals surface area contributed by atoms with Gasteiger partial charge < -0.3 is 10.5 Å². The van der Waals surface area contributed by atoms with Crippen LogP contribution in [0.1, 0.15) is 5.56 Å². The number of rotatable bonds is 4. The van der Waals surface area contributed by atoms with E-state index in [1.54, 1.807) is 25.2 Å². The number of benzene rings is 2. The third kappa shape index (κ3) is 2.92. The molecule has 0 saturated carbocycles. The first-order chi connectivity index (χ1) is 10.3. The van der Waals surface area contributed by atoms with Gasteiger partial charge in [0, 0.05) is 22.4 Å². The van der Waals surface area contributed by atoms with Gasteiger partial charge in [-0.25, -0.2) is 9.97 Å². The van der Waals surface area contributed by atoms with Crippen LogP contribution in [0.5, 0.6) is 5.75 Å². The maximum atomic E-state index is 5.85. The van der Waals surface area contributed by atoms with Crippen LogP contribution in [0.2, 0.25) is 0 Å². The minimum Gasteiger partial charge on any atom is -0.496 e. The first-order valence-corrected chi connectivity index (χ1v) is 7.51. The van der Waals surface area contributed by atoms with Crippen LogP contribution in [-0.4, -0.2) is 17.1 Å². The van der Waals surface area contributed by atoms with E-state index in [9.17, 15) is 0 Å². The zero-order chi connectivity index (χ0) is 14.7. The van der Waals surface area contributed by atoms with E-state index in [4.69, 9.17) is 10.5 Å². The maximum Gasteiger partial charge on any atom is 0.123 e. The molecule has 3 aromatic rings. The molecule has 0 amide bonds. The molecule has 2 N–H and O–H groups in total. The molecule has 0 aliphatic carbocycles. The molecule has 106 valence electrons. The summed E-state index contributed by atoms with van der Waals surface area (Å²) in [5, 5.41) is 2.03. The first-order valence-electron chi connectivity index (χ1n) is 6.53. The number of nitrogens with two attached hydrogens (primary N) is 1. The second kappa shape index (κ2) is 6.01. The van der Waals surface area contributed by atoms with Gasteiger partial charge in [0.2, 0.25) is 0 Å². The molecule has 1 aromatic heterocycles. The molecule has 5 heteroatoms. The summed E-state index contributed by atoms with van der Waals surface area (Å²) in [5.41, 5.74) is 8.60. The average molecular weight is 297 g/mol. The quantitative estimate of drug-likeness (QED) is 0.453. The smallest absolute Gasteiger partial charge is 0.123 e. The van der Waals surface area contributed by atoms with Crippen LogP contribution >= 0.6 is 11.8 Å². The van der Waals surface area contributed by atoms with Gasteiger partial charge in [0.25, 0.3) is 0 Å². The standard InChI is InChI=1S/C16H15N3OS/c1-20-15-7-6-12(17)8-11(15)9-21-16-13-4-2-3-5-14(13)18-10-19-16/h2-8,10H,9,17H2,1H3. The topological polar surface area (TPSA) is 61.0 Å². The molecule has 0 saturated heterocycles. The van der Waals surface area contributed by atoms with Crippen LogP contribution in [0, 0.1) is 0 Å². The Hall–Kier alpha value is -2.27. The summed E-state index contributed by atoms with van der Waals surface area (Å²) < 4.78 is 5.37. The molecule has 3 rings (SSSR count). The van der Waals surface area contributed by atoms with Crippen LogP contribution in [-0.2, 0) is 5.75 Å². The summed E-state index contributed by atoms with van der Waals surface area (Å²) in [5.74, 6) is 1.59. The van der Waals surface area contributed by atoms with Crippen molar-refractivity contribution in [2.24, 2.45) is 0 Å². The number of aromatic nitrogens is 2. The van der Waals surface area contributed by atoms with E-state index in [0.29, 0.717) is 0 Å². The van der Waals surface area contributed by atoms with Gasteiger partial charge in [-0.05, 0) is 24.3 Å². The highest BCUT2D eigenvalue weighted by Crippen LogP contribution is 2.31. The van der Waals surface area contributed by atoms with E-state index < -0.39 is 0 Å². The second-order valence-electron chi connectivity index (χ2n) is 4.56. The summed E-state index contributed by atoms with van der Waals surface area (Å²) in [7, 11) is 1.67. The molecular weight excluding hydrogens is 282 g/mol. The van der Waals surface area contributed by atoms with E-state index in [-0.39, 0.29) is 0 Å². The lowest BCUT2D eigenvalue weighted by molar-refractivity contribution is 0.411. The summed E-state index contributed by atoms with van der Waals surface area (Å²) in [4.78, 5) is 8.66. The molecule has 0 unspecified atom stereocenters. The molecule has 0 aliphatic heterocycles. The van der Waals surface area contributed by atoms with Crippen LogP contribution in [0.25, 0.3) is 10.9 Å². The number of para-hydroxylation sites is 1. The molecular formula is C16H15N3OS. The Morgan fingerprint density at radius 3 is 2.86 bits per heavy atom. The summed E-state index contributed by atoms with van der Waals surface area (Å²) >= 11 is 1.65. The first kappa shape index (κ1) is 13.7. The molecule has 1 heterocycles. The highest BCUT2D eigenvalue weighted by molar-refractivity contribution is 7.98. The largest absolute Gasteiger partial charge is 0.496 e. The van der Waals surface area contributed by atoms with Crippen molar-refractivity contribution in [3.05, 3.63) is 54.4 Å². The monoisotopic (exact) mass is 297 g/mol. The number of fused-ring (bicyclic) bond motifs is 1. The number of nitrogen functional groups attached to an aromatic ring is 1. The molecule has 0 atom stereocenters. The lowest BCUT2D eigenvalue weighted by atomic mass is 10.2. The van der Waals surface area contributed by atoms with Crippen molar-refractivity contribution in [2.45, 2.75) is 10.8 Å². The van der Waals surface area contributed by atoms with Crippen molar-refractivity contribution in [3.8, 4) is 5.75 Å². The minimum absolute atomic E-state index is 0.735. The lowest BCUT2D eigenvalue weighted by Gasteiger charge is -2.09. The molecule has 0 bridgehead atoms. The molecule has 0 aliphatic rings. The highest BCUT2D eigenvalue weighted by atomic mass is 32.2. The van der Waals surface area contributed by atoms with Gasteiger partial charge in [-0.1, -0.05) is 18.2 Å². The zero-order valence-electron chi connectivity index (χ0n) is 11.6. The van der Waals surface area contributed by atoms with E-state index >= 15 is 0 Å². The highest BCUT2D eigenvalue weighted by Gasteiger charge is 2.08. The number of methoxy groups -OCH3 is 1. The van der Waals surface area contributed by atoms with Crippen molar-refractivity contribution in [3.63, 3.8) is 0 Å². The number of anilines is 1. The van der Waals surface area contributed by atoms with Gasteiger partial charge in [0.05, 0.1) is 12.6 Å². The fourth-order valence-electron chi connectivity index (χ4n) is 2.15. The zero-order valence-corrected chi connectivity index (χ0v) is 12.4. The van der Waals surface area contributed by atoms with E-state index in [0.717, 1.165) is 38.7 Å². The number of nitrogens with zero attached hydrogens (tertiary/aromatic N) is 2. The van der Waals surface area contributed by atoms with Crippen LogP contribution in [0.15, 0.2) is 53.8 Å². The van der Waals surface area contributed by atoms with Crippen molar-refractivity contribution >= 4 is 28.4 Å². The fraction of sp³-hybridized carbons (Fsp3) is 0.125. The molecule has 0 fully saturated rings. The van der Waals surface area contributed by atoms with Crippen molar-refractivity contribution in [1.29, 1.82) is 0 Å². The summed E-state index contributed by atoms with van der Waals surface area (Å²) in [6, 6.07) is 13.7. The predicted octanol–water partition coefficient (Wildman–Crippen LogP) is 3.51. The van der Waals surface area contributed by atoms with Crippen LogP contribution < -0.4 is 10.5 Å². The Morgan fingerprint density at radius 1 is 1.14 bits per heavy atom. The Balaban J connectivity index is 1.89. The van der Waals surface area contributed by atoms with Crippen molar-refractivity contribution in [2.75, 3.05) is 12.8 Å². The normalized spacial score (nSPS) is 10.7. The van der Waals surface area contributed by atoms with Crippen molar-refractivity contribution in [1.82, 2.24) is 9.97 Å². The van der Waals surface area contributed by atoms with E-state index in [1.807, 2.05) is 42.5 Å². The van der Waals surface area contributed by atoms with Gasteiger partial charge in [-0.15, -0.1) is 11.8 Å². The summed E-state index contributed by atoms with van der Waals surface area (Å²) in [6.45, 7) is 0. The lowest BCUT2D eigenvalue weighted by Crippen LogP contribution is -1.94. The number of hydrogen-bond donors (Lipinski definition) is 1. The Bertz CT molecular complexity index is 771. The van der Waals surface area contributed by atoms with Crippen LogP contribution in [0.3, 0.4) is 0 Å². The third-order valence-corrected chi connectivity index (χ3v) is 4.23. The van der Waals surface area contributed by atoms with Crippen LogP contribution in [0.4, 0.5) is 5.69 Å². The van der Waals surface area contributed by atoms with Gasteiger partial charge in [0.15, 0.2) is 0 Å². The predicted molar refractivity (Wildman–Crippen MR) is 86.5 cm³/mol. The number of thioether (sulfide) groups is 1. The Kier molecular flexibility index (Phi) is 3.92. The van der Waals surface area contributed by atoms with Gasteiger partial charge in [-0.2, -0.15) is 0 Å². The van der Waals surface area contributed by atoms with Gasteiger partial charge >= 0.3 is 0 Å². The maximum absolute atomic E-state index is 5.85. The number of ether oxygens (including phenoxy) is 1.